The van der Waals surface area contributed by atoms with Gasteiger partial charge < -0.3 is 9.84 Å². The van der Waals surface area contributed by atoms with E-state index in [9.17, 15) is 18.3 Å². The van der Waals surface area contributed by atoms with E-state index in [1.165, 1.54) is 24.7 Å². The van der Waals surface area contributed by atoms with Gasteiger partial charge in [0.15, 0.2) is 0 Å². The molecule has 5 rings (SSSR count). The summed E-state index contributed by atoms with van der Waals surface area (Å²) in [6.07, 6.45) is 0.0460. The van der Waals surface area contributed by atoms with E-state index in [-0.39, 0.29) is 11.3 Å². The highest BCUT2D eigenvalue weighted by Crippen LogP contribution is 2.31. The Morgan fingerprint density at radius 3 is 2.07 bits per heavy atom. The Morgan fingerprint density at radius 1 is 0.886 bits per heavy atom. The van der Waals surface area contributed by atoms with Gasteiger partial charge in [-0.05, 0) is 78.1 Å². The van der Waals surface area contributed by atoms with Crippen molar-refractivity contribution in [2.24, 2.45) is 0 Å². The number of methoxy groups -OCH3 is 1. The van der Waals surface area contributed by atoms with Crippen molar-refractivity contribution in [1.82, 2.24) is 14.1 Å². The topological polar surface area (TPSA) is 102 Å². The lowest BCUT2D eigenvalue weighted by Gasteiger charge is -2.24. The van der Waals surface area contributed by atoms with E-state index < -0.39 is 22.0 Å². The Hall–Kier alpha value is -4.73. The molecule has 44 heavy (non-hydrogen) atoms. The first-order valence-corrected chi connectivity index (χ1v) is 15.7. The molecule has 1 heterocycles. The zero-order valence-electron chi connectivity index (χ0n) is 25.1. The van der Waals surface area contributed by atoms with Crippen LogP contribution < -0.4 is 4.74 Å². The molecule has 0 radical (unpaired) electrons. The van der Waals surface area contributed by atoms with Crippen LogP contribution in [0.1, 0.15) is 30.9 Å². The van der Waals surface area contributed by atoms with Crippen LogP contribution >= 0.6 is 0 Å². The lowest BCUT2D eigenvalue weighted by Crippen LogP contribution is -2.43. The van der Waals surface area contributed by atoms with Crippen LogP contribution in [0.15, 0.2) is 114 Å². The number of carboxylic acid groups (broad SMARTS) is 1. The summed E-state index contributed by atoms with van der Waals surface area (Å²) in [5.41, 5.74) is 6.07. The largest absolute Gasteiger partial charge is 0.497 e. The highest BCUT2D eigenvalue weighted by Gasteiger charge is 2.33. The number of likely N-dealkylation sites (N-methyl/N-ethyl adjacent to an activating group) is 1. The van der Waals surface area contributed by atoms with E-state index in [2.05, 4.69) is 38.1 Å². The molecule has 0 saturated heterocycles. The molecule has 1 atom stereocenters. The monoisotopic (exact) mass is 609 g/mol. The van der Waals surface area contributed by atoms with E-state index >= 15 is 0 Å². The lowest BCUT2D eigenvalue weighted by atomic mass is 10.0. The fourth-order valence-corrected chi connectivity index (χ4v) is 6.34. The summed E-state index contributed by atoms with van der Waals surface area (Å²) in [5, 5.41) is 14.8. The normalized spacial score (nSPS) is 12.4. The van der Waals surface area contributed by atoms with Crippen molar-refractivity contribution in [3.05, 3.63) is 120 Å². The first-order valence-electron chi connectivity index (χ1n) is 14.3. The number of sulfonamides is 1. The number of nitrogens with zero attached hydrogens (tertiary/aromatic N) is 3. The van der Waals surface area contributed by atoms with Crippen LogP contribution in [0.5, 0.6) is 5.75 Å². The Bertz CT molecular complexity index is 1830. The average Bonchev–Trinajstić information content (AvgIpc) is 3.49. The predicted octanol–water partition coefficient (Wildman–Crippen LogP) is 6.65. The van der Waals surface area contributed by atoms with E-state index in [0.29, 0.717) is 11.6 Å². The molecule has 0 aliphatic carbocycles. The van der Waals surface area contributed by atoms with Crippen molar-refractivity contribution in [2.45, 2.75) is 37.1 Å². The standard InChI is InChI=1S/C35H35N3O5S/c1-24(2)26-10-12-28(13-11-26)33-23-32(27-14-18-30(43-4)19-15-27)36-38(33)29-16-20-31(21-17-29)44(41,42)37(3)34(35(39)40)22-25-8-6-5-7-9-25/h5-21,23-24,34H,22H2,1-4H3,(H,39,40). The number of rotatable bonds is 11. The van der Waals surface area contributed by atoms with Crippen LogP contribution in [-0.4, -0.2) is 53.8 Å². The maximum absolute atomic E-state index is 13.6. The van der Waals surface area contributed by atoms with Gasteiger partial charge in [-0.1, -0.05) is 68.4 Å². The first-order chi connectivity index (χ1) is 21.1. The average molecular weight is 610 g/mol. The molecule has 5 aromatic rings. The highest BCUT2D eigenvalue weighted by molar-refractivity contribution is 7.89. The van der Waals surface area contributed by atoms with Crippen LogP contribution in [0, 0.1) is 0 Å². The molecular weight excluding hydrogens is 574 g/mol. The summed E-state index contributed by atoms with van der Waals surface area (Å²) in [5.74, 6) is -0.0782. The summed E-state index contributed by atoms with van der Waals surface area (Å²) in [6, 6.07) is 32.0. The van der Waals surface area contributed by atoms with Crippen LogP contribution in [0.3, 0.4) is 0 Å². The molecule has 0 fully saturated rings. The first kappa shape index (κ1) is 30.7. The SMILES string of the molecule is COc1ccc(-c2cc(-c3ccc(C(C)C)cc3)n(-c3ccc(S(=O)(=O)N(C)C(Cc4ccccc4)C(=O)O)cc3)n2)cc1. The van der Waals surface area contributed by atoms with Crippen LogP contribution in [0.4, 0.5) is 0 Å². The Labute approximate surface area is 258 Å². The third-order valence-corrected chi connectivity index (χ3v) is 9.60. The van der Waals surface area contributed by atoms with Gasteiger partial charge in [-0.25, -0.2) is 13.1 Å². The molecule has 0 aliphatic heterocycles. The summed E-state index contributed by atoms with van der Waals surface area (Å²) < 4.78 is 35.1. The molecule has 0 saturated carbocycles. The van der Waals surface area contributed by atoms with Gasteiger partial charge in [-0.2, -0.15) is 9.40 Å². The number of hydrogen-bond acceptors (Lipinski definition) is 5. The molecule has 0 spiro atoms. The lowest BCUT2D eigenvalue weighted by molar-refractivity contribution is -0.141. The van der Waals surface area contributed by atoms with Gasteiger partial charge in [0.25, 0.3) is 0 Å². The number of hydrogen-bond donors (Lipinski definition) is 1. The van der Waals surface area contributed by atoms with Crippen LogP contribution in [-0.2, 0) is 21.2 Å². The minimum atomic E-state index is -4.11. The summed E-state index contributed by atoms with van der Waals surface area (Å²) in [6.45, 7) is 4.29. The molecule has 0 bridgehead atoms. The molecule has 4 aromatic carbocycles. The van der Waals surface area contributed by atoms with Gasteiger partial charge in [0.1, 0.15) is 11.8 Å². The zero-order valence-corrected chi connectivity index (χ0v) is 25.9. The molecular formula is C35H35N3O5S. The fraction of sp³-hybridized carbons (Fsp3) is 0.200. The van der Waals surface area contributed by atoms with E-state index in [1.54, 1.807) is 48.2 Å². The summed E-state index contributed by atoms with van der Waals surface area (Å²) in [4.78, 5) is 12.1. The van der Waals surface area contributed by atoms with E-state index in [1.807, 2.05) is 36.4 Å². The van der Waals surface area contributed by atoms with Gasteiger partial charge >= 0.3 is 5.97 Å². The Balaban J connectivity index is 1.50. The van der Waals surface area contributed by atoms with Crippen LogP contribution in [0.25, 0.3) is 28.2 Å². The van der Waals surface area contributed by atoms with Gasteiger partial charge in [0, 0.05) is 18.2 Å². The van der Waals surface area contributed by atoms with Gasteiger partial charge in [0.05, 0.1) is 29.1 Å². The molecule has 1 unspecified atom stereocenters. The van der Waals surface area contributed by atoms with Crippen molar-refractivity contribution in [1.29, 1.82) is 0 Å². The summed E-state index contributed by atoms with van der Waals surface area (Å²) >= 11 is 0. The second-order valence-corrected chi connectivity index (χ2v) is 12.9. The Morgan fingerprint density at radius 2 is 1.50 bits per heavy atom. The van der Waals surface area contributed by atoms with Crippen LogP contribution in [0.2, 0.25) is 0 Å². The third-order valence-electron chi connectivity index (χ3n) is 7.72. The van der Waals surface area contributed by atoms with Crippen molar-refractivity contribution < 1.29 is 23.1 Å². The maximum Gasteiger partial charge on any atom is 0.322 e. The number of ether oxygens (including phenoxy) is 1. The second-order valence-electron chi connectivity index (χ2n) is 10.9. The fourth-order valence-electron chi connectivity index (χ4n) is 5.03. The summed E-state index contributed by atoms with van der Waals surface area (Å²) in [7, 11) is -1.19. The zero-order chi connectivity index (χ0) is 31.4. The highest BCUT2D eigenvalue weighted by atomic mass is 32.2. The van der Waals surface area contributed by atoms with Crippen molar-refractivity contribution >= 4 is 16.0 Å². The molecule has 0 aliphatic rings. The third kappa shape index (κ3) is 6.44. The van der Waals surface area contributed by atoms with Gasteiger partial charge in [-0.15, -0.1) is 0 Å². The second kappa shape index (κ2) is 12.9. The molecule has 1 aromatic heterocycles. The number of carbonyl (C=O) groups is 1. The van der Waals surface area contributed by atoms with E-state index in [0.717, 1.165) is 38.1 Å². The minimum absolute atomic E-state index is 0.00608. The predicted molar refractivity (Wildman–Crippen MR) is 172 cm³/mol. The van der Waals surface area contributed by atoms with Crippen molar-refractivity contribution in [3.63, 3.8) is 0 Å². The van der Waals surface area contributed by atoms with Crippen molar-refractivity contribution in [3.8, 4) is 34.0 Å². The molecule has 9 heteroatoms. The maximum atomic E-state index is 13.6. The number of benzene rings is 4. The quantitative estimate of drug-likeness (QED) is 0.180. The smallest absolute Gasteiger partial charge is 0.322 e. The molecule has 226 valence electrons. The van der Waals surface area contributed by atoms with Gasteiger partial charge in [0.2, 0.25) is 10.0 Å². The number of carboxylic acids is 1. The Kier molecular flexibility index (Phi) is 8.98. The molecule has 1 N–H and O–H groups in total. The molecule has 8 nitrogen and oxygen atoms in total. The van der Waals surface area contributed by atoms with Crippen molar-refractivity contribution in [2.75, 3.05) is 14.2 Å². The minimum Gasteiger partial charge on any atom is -0.497 e. The molecule has 0 amide bonds. The number of aromatic nitrogens is 2. The number of aliphatic carboxylic acids is 1. The van der Waals surface area contributed by atoms with Gasteiger partial charge in [-0.3, -0.25) is 4.79 Å². The van der Waals surface area contributed by atoms with E-state index in [4.69, 9.17) is 9.84 Å².